The van der Waals surface area contributed by atoms with Crippen LogP contribution in [0.15, 0.2) is 6.20 Å². The molecule has 4 nitrogen and oxygen atoms in total. The van der Waals surface area contributed by atoms with Crippen LogP contribution in [-0.2, 0) is 6.61 Å². The summed E-state index contributed by atoms with van der Waals surface area (Å²) in [6, 6.07) is 0. The van der Waals surface area contributed by atoms with Crippen molar-refractivity contribution in [2.75, 3.05) is 0 Å². The summed E-state index contributed by atoms with van der Waals surface area (Å²) in [7, 11) is 0. The van der Waals surface area contributed by atoms with E-state index >= 15 is 0 Å². The Balaban J connectivity index is 2.92. The molecule has 0 amide bonds. The van der Waals surface area contributed by atoms with E-state index in [1.165, 1.54) is 6.20 Å². The lowest BCUT2D eigenvalue weighted by molar-refractivity contribution is 0.270. The van der Waals surface area contributed by atoms with Crippen LogP contribution in [0.25, 0.3) is 0 Å². The molecule has 1 rings (SSSR count). The Morgan fingerprint density at radius 1 is 1.75 bits per heavy atom. The number of H-pyrrole nitrogens is 1. The molecule has 0 fully saturated rings. The molecule has 0 spiro atoms. The van der Waals surface area contributed by atoms with Gasteiger partial charge in [-0.2, -0.15) is 5.10 Å². The van der Waals surface area contributed by atoms with Crippen LogP contribution >= 0.6 is 0 Å². The lowest BCUT2D eigenvalue weighted by Gasteiger charge is -1.85. The number of aromatic amines is 1. The Morgan fingerprint density at radius 3 is 2.75 bits per heavy atom. The van der Waals surface area contributed by atoms with Gasteiger partial charge in [0.25, 0.3) is 0 Å². The molecule has 3 N–H and O–H groups in total. The fraction of sp³-hybridized carbons (Fsp3) is 0.250. The minimum atomic E-state index is -0.203. The number of aliphatic hydroxyl groups is 1. The normalized spacial score (nSPS) is 9.62. The molecule has 0 unspecified atom stereocenters. The number of nitrogens with zero attached hydrogens (tertiary/aromatic N) is 1. The SMILES string of the molecule is OCc1[nH]ncc1O. The minimum absolute atomic E-state index is 0.00694. The van der Waals surface area contributed by atoms with Crippen molar-refractivity contribution in [1.82, 2.24) is 10.2 Å². The molecule has 0 saturated carbocycles. The Morgan fingerprint density at radius 2 is 2.50 bits per heavy atom. The van der Waals surface area contributed by atoms with Gasteiger partial charge in [-0.05, 0) is 0 Å². The fourth-order valence-corrected chi connectivity index (χ4v) is 0.423. The number of rotatable bonds is 1. The van der Waals surface area contributed by atoms with E-state index in [9.17, 15) is 0 Å². The van der Waals surface area contributed by atoms with Gasteiger partial charge in [0, 0.05) is 0 Å². The Kier molecular flexibility index (Phi) is 1.17. The molecule has 0 aliphatic heterocycles. The highest BCUT2D eigenvalue weighted by molar-refractivity contribution is 5.20. The van der Waals surface area contributed by atoms with Gasteiger partial charge in [-0.25, -0.2) is 0 Å². The molecule has 1 aromatic heterocycles. The van der Waals surface area contributed by atoms with Crippen LogP contribution in [0.3, 0.4) is 0 Å². The number of aromatic hydroxyl groups is 1. The highest BCUT2D eigenvalue weighted by Gasteiger charge is 1.97. The van der Waals surface area contributed by atoms with Gasteiger partial charge in [-0.3, -0.25) is 5.10 Å². The molecule has 8 heavy (non-hydrogen) atoms. The molecular formula is C4H6N2O2. The third kappa shape index (κ3) is 0.651. The largest absolute Gasteiger partial charge is 0.504 e. The Hall–Kier alpha value is -1.03. The first-order valence-electron chi connectivity index (χ1n) is 2.16. The van der Waals surface area contributed by atoms with Crippen LogP contribution in [0.4, 0.5) is 0 Å². The molecular weight excluding hydrogens is 108 g/mol. The molecule has 0 radical (unpaired) electrons. The van der Waals surface area contributed by atoms with E-state index in [-0.39, 0.29) is 12.4 Å². The molecule has 0 bridgehead atoms. The molecule has 0 aliphatic rings. The smallest absolute Gasteiger partial charge is 0.158 e. The van der Waals surface area contributed by atoms with Crippen LogP contribution in [0.5, 0.6) is 5.75 Å². The first-order chi connectivity index (χ1) is 3.84. The van der Waals surface area contributed by atoms with Crippen molar-refractivity contribution >= 4 is 0 Å². The summed E-state index contributed by atoms with van der Waals surface area (Å²) >= 11 is 0. The molecule has 0 aliphatic carbocycles. The zero-order valence-corrected chi connectivity index (χ0v) is 4.13. The van der Waals surface area contributed by atoms with Gasteiger partial charge in [-0.1, -0.05) is 0 Å². The zero-order chi connectivity index (χ0) is 5.98. The Labute approximate surface area is 45.8 Å². The number of hydrogen-bond donors (Lipinski definition) is 3. The number of nitrogens with one attached hydrogen (secondary N) is 1. The topological polar surface area (TPSA) is 69.1 Å². The second-order valence-electron chi connectivity index (χ2n) is 1.39. The molecule has 1 aromatic rings. The first kappa shape index (κ1) is 5.11. The second kappa shape index (κ2) is 1.83. The van der Waals surface area contributed by atoms with Crippen molar-refractivity contribution in [3.8, 4) is 5.75 Å². The molecule has 44 valence electrons. The maximum atomic E-state index is 8.70. The first-order valence-corrected chi connectivity index (χ1v) is 2.16. The van der Waals surface area contributed by atoms with Gasteiger partial charge in [0.2, 0.25) is 0 Å². The maximum absolute atomic E-state index is 8.70. The van der Waals surface area contributed by atoms with Gasteiger partial charge in [0.1, 0.15) is 5.69 Å². The minimum Gasteiger partial charge on any atom is -0.504 e. The quantitative estimate of drug-likeness (QED) is 0.465. The van der Waals surface area contributed by atoms with Crippen molar-refractivity contribution in [3.63, 3.8) is 0 Å². The molecule has 0 aromatic carbocycles. The monoisotopic (exact) mass is 114 g/mol. The zero-order valence-electron chi connectivity index (χ0n) is 4.13. The summed E-state index contributed by atoms with van der Waals surface area (Å²) < 4.78 is 0. The summed E-state index contributed by atoms with van der Waals surface area (Å²) in [5.74, 6) is 0.00694. The third-order valence-electron chi connectivity index (χ3n) is 0.854. The van der Waals surface area contributed by atoms with Crippen molar-refractivity contribution in [2.45, 2.75) is 6.61 Å². The fourth-order valence-electron chi connectivity index (χ4n) is 0.423. The molecule has 1 heterocycles. The average Bonchev–Trinajstić information content (AvgIpc) is 2.14. The molecule has 0 saturated heterocycles. The van der Waals surface area contributed by atoms with Crippen molar-refractivity contribution in [2.24, 2.45) is 0 Å². The van der Waals surface area contributed by atoms with Crippen LogP contribution < -0.4 is 0 Å². The highest BCUT2D eigenvalue weighted by atomic mass is 16.3. The summed E-state index contributed by atoms with van der Waals surface area (Å²) in [6.07, 6.45) is 1.24. The second-order valence-corrected chi connectivity index (χ2v) is 1.39. The maximum Gasteiger partial charge on any atom is 0.158 e. The molecule has 0 atom stereocenters. The van der Waals surface area contributed by atoms with Gasteiger partial charge >= 0.3 is 0 Å². The Bertz CT molecular complexity index is 172. The highest BCUT2D eigenvalue weighted by Crippen LogP contribution is 2.09. The van der Waals surface area contributed by atoms with E-state index in [0.29, 0.717) is 5.69 Å². The number of aliphatic hydroxyl groups excluding tert-OH is 1. The van der Waals surface area contributed by atoms with E-state index in [4.69, 9.17) is 10.2 Å². The van der Waals surface area contributed by atoms with Crippen LogP contribution in [0.1, 0.15) is 5.69 Å². The van der Waals surface area contributed by atoms with Gasteiger partial charge in [0.05, 0.1) is 12.8 Å². The van der Waals surface area contributed by atoms with Gasteiger partial charge < -0.3 is 10.2 Å². The van der Waals surface area contributed by atoms with Crippen LogP contribution in [0, 0.1) is 0 Å². The average molecular weight is 114 g/mol. The molecule has 4 heteroatoms. The van der Waals surface area contributed by atoms with E-state index in [1.807, 2.05) is 0 Å². The van der Waals surface area contributed by atoms with Crippen molar-refractivity contribution < 1.29 is 10.2 Å². The lowest BCUT2D eigenvalue weighted by atomic mass is 10.4. The summed E-state index contributed by atoms with van der Waals surface area (Å²) in [4.78, 5) is 0. The number of hydrogen-bond acceptors (Lipinski definition) is 3. The predicted octanol–water partition coefficient (Wildman–Crippen LogP) is -0.392. The van der Waals surface area contributed by atoms with Crippen LogP contribution in [0.2, 0.25) is 0 Å². The van der Waals surface area contributed by atoms with Crippen LogP contribution in [-0.4, -0.2) is 20.4 Å². The van der Waals surface area contributed by atoms with E-state index in [0.717, 1.165) is 0 Å². The van der Waals surface area contributed by atoms with E-state index in [2.05, 4.69) is 10.2 Å². The van der Waals surface area contributed by atoms with E-state index in [1.54, 1.807) is 0 Å². The van der Waals surface area contributed by atoms with Gasteiger partial charge in [-0.15, -0.1) is 0 Å². The van der Waals surface area contributed by atoms with E-state index < -0.39 is 0 Å². The summed E-state index contributed by atoms with van der Waals surface area (Å²) in [5, 5.41) is 22.9. The van der Waals surface area contributed by atoms with Gasteiger partial charge in [0.15, 0.2) is 5.75 Å². The van der Waals surface area contributed by atoms with Crippen molar-refractivity contribution in [3.05, 3.63) is 11.9 Å². The summed E-state index contributed by atoms with van der Waals surface area (Å²) in [5.41, 5.74) is 0.352. The number of aromatic nitrogens is 2. The summed E-state index contributed by atoms with van der Waals surface area (Å²) in [6.45, 7) is -0.203. The third-order valence-corrected chi connectivity index (χ3v) is 0.854. The predicted molar refractivity (Wildman–Crippen MR) is 26.2 cm³/mol. The van der Waals surface area contributed by atoms with Crippen molar-refractivity contribution in [1.29, 1.82) is 0 Å². The standard InChI is InChI=1S/C4H6N2O2/c7-2-3-4(8)1-5-6-3/h1,7-8H,2H2,(H,5,6). The lowest BCUT2D eigenvalue weighted by Crippen LogP contribution is -1.81.